The van der Waals surface area contributed by atoms with Crippen LogP contribution < -0.4 is 10.9 Å². The lowest BCUT2D eigenvalue weighted by molar-refractivity contribution is -0.137. The van der Waals surface area contributed by atoms with Gasteiger partial charge in [-0.25, -0.2) is 0 Å². The third-order valence-corrected chi connectivity index (χ3v) is 6.69. The molecule has 0 bridgehead atoms. The number of nitrogens with one attached hydrogen (secondary N) is 1. The molecule has 0 aliphatic rings. The number of aromatic nitrogens is 2. The van der Waals surface area contributed by atoms with Gasteiger partial charge in [0.25, 0.3) is 11.5 Å². The Hall–Kier alpha value is -4.72. The zero-order chi connectivity index (χ0) is 27.7. The number of pyridine rings is 2. The van der Waals surface area contributed by atoms with Crippen LogP contribution >= 0.6 is 0 Å². The third kappa shape index (κ3) is 5.05. The molecule has 0 saturated carbocycles. The number of aryl methyl sites for hydroxylation is 1. The Kier molecular flexibility index (Phi) is 6.78. The summed E-state index contributed by atoms with van der Waals surface area (Å²) in [5.74, 6) is -0.317. The number of alkyl halides is 3. The second-order valence-corrected chi connectivity index (χ2v) is 9.23. The van der Waals surface area contributed by atoms with Gasteiger partial charge in [-0.05, 0) is 79.6 Å². The van der Waals surface area contributed by atoms with Crippen molar-refractivity contribution >= 4 is 16.8 Å². The molecule has 5 aromatic rings. The van der Waals surface area contributed by atoms with Crippen LogP contribution in [0.25, 0.3) is 27.7 Å². The lowest BCUT2D eigenvalue weighted by atomic mass is 9.96. The van der Waals surface area contributed by atoms with Crippen molar-refractivity contribution in [1.29, 1.82) is 0 Å². The summed E-state index contributed by atoms with van der Waals surface area (Å²) in [6.45, 7) is 3.64. The van der Waals surface area contributed by atoms with Gasteiger partial charge in [-0.15, -0.1) is 0 Å². The maximum absolute atomic E-state index is 13.9. The molecule has 1 N–H and O–H groups in total. The Morgan fingerprint density at radius 1 is 0.923 bits per heavy atom. The van der Waals surface area contributed by atoms with Crippen LogP contribution in [0.2, 0.25) is 0 Å². The van der Waals surface area contributed by atoms with Crippen molar-refractivity contribution in [2.24, 2.45) is 0 Å². The van der Waals surface area contributed by atoms with E-state index in [0.717, 1.165) is 12.1 Å². The van der Waals surface area contributed by atoms with Gasteiger partial charge >= 0.3 is 6.18 Å². The first-order chi connectivity index (χ1) is 18.6. The minimum Gasteiger partial charge on any atom is -0.344 e. The van der Waals surface area contributed by atoms with Crippen LogP contribution in [0.3, 0.4) is 0 Å². The third-order valence-electron chi connectivity index (χ3n) is 6.69. The molecule has 0 aliphatic carbocycles. The smallest absolute Gasteiger partial charge is 0.344 e. The summed E-state index contributed by atoms with van der Waals surface area (Å²) in [4.78, 5) is 31.3. The van der Waals surface area contributed by atoms with Gasteiger partial charge in [0.05, 0.1) is 28.4 Å². The van der Waals surface area contributed by atoms with Gasteiger partial charge in [-0.2, -0.15) is 13.2 Å². The number of carbonyl (C=O) groups excluding carboxylic acids is 1. The first kappa shape index (κ1) is 25.9. The molecule has 2 heterocycles. The Morgan fingerprint density at radius 3 is 2.26 bits per heavy atom. The number of nitrogens with zero attached hydrogens (tertiary/aromatic N) is 2. The number of hydrogen-bond acceptors (Lipinski definition) is 3. The van der Waals surface area contributed by atoms with Crippen LogP contribution in [-0.2, 0) is 6.18 Å². The summed E-state index contributed by atoms with van der Waals surface area (Å²) in [6.07, 6.45) is -2.84. The van der Waals surface area contributed by atoms with Crippen LogP contribution in [0.5, 0.6) is 0 Å². The minimum atomic E-state index is -4.50. The summed E-state index contributed by atoms with van der Waals surface area (Å²) in [7, 11) is 0. The first-order valence-corrected chi connectivity index (χ1v) is 12.3. The number of amides is 1. The summed E-state index contributed by atoms with van der Waals surface area (Å²) < 4.78 is 41.0. The standard InChI is InChI=1S/C31H24F3N3O2/c1-19-25-18-22(29(38)36-20(2)26-10-6-7-17-35-26)11-16-27(25)37(24-14-12-23(13-15-24)31(32,33)34)30(39)28(19)21-8-4-3-5-9-21/h3-18,20H,1-2H3,(H,36,38)/t20-/m0/s1. The van der Waals surface area contributed by atoms with Crippen LogP contribution in [-0.4, -0.2) is 15.5 Å². The molecule has 196 valence electrons. The number of halogens is 3. The fraction of sp³-hybridized carbons (Fsp3) is 0.129. The molecule has 5 nitrogen and oxygen atoms in total. The predicted molar refractivity (Wildman–Crippen MR) is 145 cm³/mol. The highest BCUT2D eigenvalue weighted by molar-refractivity contribution is 6.00. The summed E-state index contributed by atoms with van der Waals surface area (Å²) >= 11 is 0. The van der Waals surface area contributed by atoms with Gasteiger partial charge in [0.1, 0.15) is 0 Å². The second kappa shape index (κ2) is 10.2. The van der Waals surface area contributed by atoms with Crippen molar-refractivity contribution in [3.63, 3.8) is 0 Å². The van der Waals surface area contributed by atoms with E-state index in [4.69, 9.17) is 0 Å². The van der Waals surface area contributed by atoms with E-state index in [1.165, 1.54) is 16.7 Å². The van der Waals surface area contributed by atoms with E-state index in [0.29, 0.717) is 38.9 Å². The zero-order valence-electron chi connectivity index (χ0n) is 21.2. The Bertz CT molecular complexity index is 1710. The Morgan fingerprint density at radius 2 is 1.62 bits per heavy atom. The molecule has 0 radical (unpaired) electrons. The predicted octanol–water partition coefficient (Wildman–Crippen LogP) is 6.87. The molecule has 0 unspecified atom stereocenters. The molecule has 1 atom stereocenters. The number of carbonyl (C=O) groups is 1. The van der Waals surface area contributed by atoms with Crippen LogP contribution in [0, 0.1) is 6.92 Å². The molecule has 39 heavy (non-hydrogen) atoms. The molecule has 0 fully saturated rings. The van der Waals surface area contributed by atoms with E-state index in [9.17, 15) is 22.8 Å². The summed E-state index contributed by atoms with van der Waals surface area (Å²) in [5.41, 5.74) is 2.42. The highest BCUT2D eigenvalue weighted by Gasteiger charge is 2.30. The highest BCUT2D eigenvalue weighted by Crippen LogP contribution is 2.32. The van der Waals surface area contributed by atoms with Gasteiger partial charge in [-0.3, -0.25) is 19.1 Å². The molecule has 3 aromatic carbocycles. The van der Waals surface area contributed by atoms with Crippen molar-refractivity contribution in [3.8, 4) is 16.8 Å². The highest BCUT2D eigenvalue weighted by atomic mass is 19.4. The Balaban J connectivity index is 1.67. The van der Waals surface area contributed by atoms with Crippen molar-refractivity contribution in [3.05, 3.63) is 130 Å². The monoisotopic (exact) mass is 527 g/mol. The van der Waals surface area contributed by atoms with Gasteiger partial charge < -0.3 is 5.32 Å². The van der Waals surface area contributed by atoms with Crippen molar-refractivity contribution in [2.45, 2.75) is 26.1 Å². The quantitative estimate of drug-likeness (QED) is 0.271. The van der Waals surface area contributed by atoms with Gasteiger partial charge in [0, 0.05) is 22.8 Å². The number of hydrogen-bond donors (Lipinski definition) is 1. The molecule has 8 heteroatoms. The number of fused-ring (bicyclic) bond motifs is 1. The van der Waals surface area contributed by atoms with Crippen LogP contribution in [0.1, 0.15) is 40.1 Å². The van der Waals surface area contributed by atoms with E-state index in [1.54, 1.807) is 49.5 Å². The molecular formula is C31H24F3N3O2. The Labute approximate surface area is 222 Å². The molecule has 0 spiro atoms. The van der Waals surface area contributed by atoms with E-state index in [2.05, 4.69) is 10.3 Å². The molecule has 1 amide bonds. The van der Waals surface area contributed by atoms with Crippen molar-refractivity contribution in [2.75, 3.05) is 0 Å². The molecule has 2 aromatic heterocycles. The zero-order valence-corrected chi connectivity index (χ0v) is 21.2. The maximum atomic E-state index is 13.9. The van der Waals surface area contributed by atoms with E-state index in [-0.39, 0.29) is 23.2 Å². The van der Waals surface area contributed by atoms with Gasteiger partial charge in [-0.1, -0.05) is 36.4 Å². The summed E-state index contributed by atoms with van der Waals surface area (Å²) in [5, 5.41) is 3.58. The normalized spacial score (nSPS) is 12.3. The average molecular weight is 528 g/mol. The lowest BCUT2D eigenvalue weighted by Crippen LogP contribution is -2.27. The fourth-order valence-electron chi connectivity index (χ4n) is 4.68. The number of rotatable bonds is 5. The average Bonchev–Trinajstić information content (AvgIpc) is 2.94. The van der Waals surface area contributed by atoms with Gasteiger partial charge in [0.2, 0.25) is 0 Å². The summed E-state index contributed by atoms with van der Waals surface area (Å²) in [6, 6.07) is 23.6. The van der Waals surface area contributed by atoms with E-state index in [1.807, 2.05) is 37.3 Å². The first-order valence-electron chi connectivity index (χ1n) is 12.3. The fourth-order valence-corrected chi connectivity index (χ4v) is 4.68. The number of benzene rings is 3. The molecular weight excluding hydrogens is 503 g/mol. The SMILES string of the molecule is Cc1c(-c2ccccc2)c(=O)n(-c2ccc(C(F)(F)F)cc2)c2ccc(C(=O)N[C@@H](C)c3ccccn3)cc12. The largest absolute Gasteiger partial charge is 0.416 e. The molecule has 0 saturated heterocycles. The lowest BCUT2D eigenvalue weighted by Gasteiger charge is -2.18. The van der Waals surface area contributed by atoms with Crippen LogP contribution in [0.15, 0.2) is 102 Å². The van der Waals surface area contributed by atoms with E-state index >= 15 is 0 Å². The molecule has 5 rings (SSSR count). The van der Waals surface area contributed by atoms with Crippen LogP contribution in [0.4, 0.5) is 13.2 Å². The van der Waals surface area contributed by atoms with E-state index < -0.39 is 11.7 Å². The maximum Gasteiger partial charge on any atom is 0.416 e. The van der Waals surface area contributed by atoms with Crippen molar-refractivity contribution in [1.82, 2.24) is 14.9 Å². The second-order valence-electron chi connectivity index (χ2n) is 9.23. The topological polar surface area (TPSA) is 64.0 Å². The van der Waals surface area contributed by atoms with Crippen molar-refractivity contribution < 1.29 is 18.0 Å². The molecule has 0 aliphatic heterocycles. The minimum absolute atomic E-state index is 0.288. The van der Waals surface area contributed by atoms with Gasteiger partial charge in [0.15, 0.2) is 0 Å².